The van der Waals surface area contributed by atoms with Crippen LogP contribution in [0.25, 0.3) is 0 Å². The van der Waals surface area contributed by atoms with Gasteiger partial charge in [-0.1, -0.05) is 12.1 Å². The molecule has 0 bridgehead atoms. The molecular weight excluding hydrogens is 261 g/mol. The highest BCUT2D eigenvalue weighted by molar-refractivity contribution is 5.94. The predicted octanol–water partition coefficient (Wildman–Crippen LogP) is 1.84. The van der Waals surface area contributed by atoms with Crippen LogP contribution in [-0.2, 0) is 15.0 Å². The maximum Gasteiger partial charge on any atom is 0.326 e. The minimum Gasteiger partial charge on any atom is -0.480 e. The summed E-state index contributed by atoms with van der Waals surface area (Å²) in [5.74, 6) is -1.51. The second-order valence-corrected chi connectivity index (χ2v) is 5.72. The molecule has 1 atom stereocenters. The molecule has 1 amide bonds. The van der Waals surface area contributed by atoms with Gasteiger partial charge in [0.25, 0.3) is 0 Å². The van der Waals surface area contributed by atoms with Crippen LogP contribution in [0.1, 0.15) is 31.2 Å². The van der Waals surface area contributed by atoms with Crippen LogP contribution in [0.5, 0.6) is 0 Å². The van der Waals surface area contributed by atoms with Crippen LogP contribution in [0.4, 0.5) is 4.39 Å². The molecule has 0 spiro atoms. The van der Waals surface area contributed by atoms with Crippen LogP contribution in [0.2, 0.25) is 0 Å². The minimum atomic E-state index is -0.976. The molecule has 2 N–H and O–H groups in total. The topological polar surface area (TPSA) is 66.4 Å². The average molecular weight is 277 g/mol. The number of hydrogen-bond acceptors (Lipinski definition) is 2. The summed E-state index contributed by atoms with van der Waals surface area (Å²) in [6.07, 6.45) is 3.06. The van der Waals surface area contributed by atoms with Crippen molar-refractivity contribution in [2.45, 2.75) is 37.1 Å². The van der Waals surface area contributed by atoms with Gasteiger partial charge in [0.15, 0.2) is 0 Å². The zero-order chi connectivity index (χ0) is 14.3. The van der Waals surface area contributed by atoms with Gasteiger partial charge in [0.2, 0.25) is 5.91 Å². The predicted molar refractivity (Wildman–Crippen MR) is 69.6 cm³/mol. The summed E-state index contributed by atoms with van der Waals surface area (Å²) in [4.78, 5) is 23.6. The summed E-state index contributed by atoms with van der Waals surface area (Å²) in [5.41, 5.74) is 0.104. The number of carbonyl (C=O) groups excluding carboxylic acids is 1. The van der Waals surface area contributed by atoms with E-state index in [1.165, 1.54) is 12.1 Å². The van der Waals surface area contributed by atoms with Gasteiger partial charge in [0, 0.05) is 0 Å². The van der Waals surface area contributed by atoms with E-state index in [4.69, 9.17) is 5.11 Å². The van der Waals surface area contributed by atoms with Crippen LogP contribution in [0.15, 0.2) is 24.3 Å². The third-order valence-corrected chi connectivity index (χ3v) is 4.23. The molecule has 0 aromatic heterocycles. The highest BCUT2D eigenvalue weighted by atomic mass is 19.1. The average Bonchev–Trinajstić information content (AvgIpc) is 3.27. The molecule has 0 heterocycles. The summed E-state index contributed by atoms with van der Waals surface area (Å²) in [6.45, 7) is 0. The van der Waals surface area contributed by atoms with Gasteiger partial charge in [0.05, 0.1) is 5.41 Å². The van der Waals surface area contributed by atoms with E-state index in [2.05, 4.69) is 5.32 Å². The molecule has 2 aliphatic rings. The lowest BCUT2D eigenvalue weighted by Gasteiger charge is -2.20. The number of halogens is 1. The molecular formula is C15H16FNO3. The fourth-order valence-electron chi connectivity index (χ4n) is 2.63. The first-order valence-corrected chi connectivity index (χ1v) is 6.83. The van der Waals surface area contributed by atoms with Gasteiger partial charge < -0.3 is 10.4 Å². The molecule has 1 unspecified atom stereocenters. The Hall–Kier alpha value is -1.91. The van der Waals surface area contributed by atoms with E-state index >= 15 is 0 Å². The zero-order valence-electron chi connectivity index (χ0n) is 10.9. The quantitative estimate of drug-likeness (QED) is 0.863. The van der Waals surface area contributed by atoms with Crippen LogP contribution in [-0.4, -0.2) is 23.0 Å². The van der Waals surface area contributed by atoms with E-state index in [0.717, 1.165) is 18.4 Å². The van der Waals surface area contributed by atoms with Crippen molar-refractivity contribution in [1.29, 1.82) is 0 Å². The number of hydrogen-bond donors (Lipinski definition) is 2. The number of benzene rings is 1. The van der Waals surface area contributed by atoms with Gasteiger partial charge >= 0.3 is 5.97 Å². The fourth-order valence-corrected chi connectivity index (χ4v) is 2.63. The van der Waals surface area contributed by atoms with E-state index in [0.29, 0.717) is 12.8 Å². The first-order valence-electron chi connectivity index (χ1n) is 6.83. The highest BCUT2D eigenvalue weighted by Crippen LogP contribution is 2.48. The Bertz CT molecular complexity index is 547. The molecule has 106 valence electrons. The second kappa shape index (κ2) is 4.58. The lowest BCUT2D eigenvalue weighted by molar-refractivity contribution is -0.142. The Balaban J connectivity index is 1.76. The molecule has 0 radical (unpaired) electrons. The summed E-state index contributed by atoms with van der Waals surface area (Å²) >= 11 is 0. The number of carbonyl (C=O) groups is 2. The van der Waals surface area contributed by atoms with Gasteiger partial charge in [-0.25, -0.2) is 9.18 Å². The van der Waals surface area contributed by atoms with Crippen molar-refractivity contribution in [3.8, 4) is 0 Å². The molecule has 4 nitrogen and oxygen atoms in total. The molecule has 5 heteroatoms. The van der Waals surface area contributed by atoms with Crippen molar-refractivity contribution in [2.75, 3.05) is 0 Å². The fraction of sp³-hybridized carbons (Fsp3) is 0.467. The lowest BCUT2D eigenvalue weighted by atomic mass is 9.94. The standard InChI is InChI=1S/C15H16FNO3/c16-11-5-3-10(4-6-11)15(7-8-15)14(20)17-12(13(18)19)9-1-2-9/h3-6,9,12H,1-2,7-8H2,(H,17,20)(H,18,19). The number of carboxylic acids is 1. The summed E-state index contributed by atoms with van der Waals surface area (Å²) in [7, 11) is 0. The van der Waals surface area contributed by atoms with Gasteiger partial charge in [-0.05, 0) is 49.3 Å². The van der Waals surface area contributed by atoms with Gasteiger partial charge in [-0.3, -0.25) is 4.79 Å². The molecule has 3 rings (SSSR count). The maximum atomic E-state index is 12.9. The third-order valence-electron chi connectivity index (χ3n) is 4.23. The number of amides is 1. The molecule has 1 aromatic rings. The first kappa shape index (κ1) is 13.1. The van der Waals surface area contributed by atoms with Gasteiger partial charge in [-0.15, -0.1) is 0 Å². The van der Waals surface area contributed by atoms with Crippen molar-refractivity contribution >= 4 is 11.9 Å². The van der Waals surface area contributed by atoms with Crippen molar-refractivity contribution in [2.24, 2.45) is 5.92 Å². The second-order valence-electron chi connectivity index (χ2n) is 5.72. The molecule has 2 fully saturated rings. The summed E-state index contributed by atoms with van der Waals surface area (Å²) < 4.78 is 12.9. The van der Waals surface area contributed by atoms with Gasteiger partial charge in [0.1, 0.15) is 11.9 Å². The summed E-state index contributed by atoms with van der Waals surface area (Å²) in [6, 6.07) is 5.08. The van der Waals surface area contributed by atoms with Crippen LogP contribution >= 0.6 is 0 Å². The van der Waals surface area contributed by atoms with Crippen molar-refractivity contribution in [3.05, 3.63) is 35.6 Å². The van der Waals surface area contributed by atoms with E-state index < -0.39 is 17.4 Å². The van der Waals surface area contributed by atoms with Crippen molar-refractivity contribution in [1.82, 2.24) is 5.32 Å². The van der Waals surface area contributed by atoms with Crippen molar-refractivity contribution < 1.29 is 19.1 Å². The molecule has 0 aliphatic heterocycles. The number of rotatable bonds is 5. The first-order chi connectivity index (χ1) is 9.53. The third kappa shape index (κ3) is 2.28. The molecule has 2 aliphatic carbocycles. The number of aliphatic carboxylic acids is 1. The van der Waals surface area contributed by atoms with Crippen LogP contribution < -0.4 is 5.32 Å². The molecule has 1 aromatic carbocycles. The Morgan fingerprint density at radius 3 is 2.30 bits per heavy atom. The van der Waals surface area contributed by atoms with Crippen molar-refractivity contribution in [3.63, 3.8) is 0 Å². The Kier molecular flexibility index (Phi) is 3.00. The highest BCUT2D eigenvalue weighted by Gasteiger charge is 2.52. The molecule has 20 heavy (non-hydrogen) atoms. The Morgan fingerprint density at radius 1 is 1.25 bits per heavy atom. The van der Waals surface area contributed by atoms with Crippen LogP contribution in [0, 0.1) is 11.7 Å². The normalized spacial score (nSPS) is 21.1. The van der Waals surface area contributed by atoms with E-state index in [9.17, 15) is 14.0 Å². The molecule has 0 saturated heterocycles. The summed E-state index contributed by atoms with van der Waals surface area (Å²) in [5, 5.41) is 11.8. The van der Waals surface area contributed by atoms with Gasteiger partial charge in [-0.2, -0.15) is 0 Å². The van der Waals surface area contributed by atoms with E-state index in [-0.39, 0.29) is 17.6 Å². The Labute approximate surface area is 116 Å². The van der Waals surface area contributed by atoms with Crippen LogP contribution in [0.3, 0.4) is 0 Å². The lowest BCUT2D eigenvalue weighted by Crippen LogP contribution is -2.46. The molecule has 2 saturated carbocycles. The number of carboxylic acid groups (broad SMARTS) is 1. The zero-order valence-corrected chi connectivity index (χ0v) is 10.9. The van der Waals surface area contributed by atoms with E-state index in [1.807, 2.05) is 0 Å². The Morgan fingerprint density at radius 2 is 1.85 bits per heavy atom. The number of nitrogens with one attached hydrogen (secondary N) is 1. The largest absolute Gasteiger partial charge is 0.480 e. The maximum absolute atomic E-state index is 12.9. The SMILES string of the molecule is O=C(O)C(NC(=O)C1(c2ccc(F)cc2)CC1)C1CC1. The monoisotopic (exact) mass is 277 g/mol. The van der Waals surface area contributed by atoms with E-state index in [1.54, 1.807) is 12.1 Å². The smallest absolute Gasteiger partial charge is 0.326 e. The minimum absolute atomic E-state index is 0.0560.